The van der Waals surface area contributed by atoms with Gasteiger partial charge in [0, 0.05) is 35.1 Å². The van der Waals surface area contributed by atoms with E-state index in [0.29, 0.717) is 25.1 Å². The van der Waals surface area contributed by atoms with E-state index in [0.717, 1.165) is 75.0 Å². The summed E-state index contributed by atoms with van der Waals surface area (Å²) in [7, 11) is 0. The topological polar surface area (TPSA) is 112 Å². The van der Waals surface area contributed by atoms with Gasteiger partial charge in [0.15, 0.2) is 0 Å². The molecule has 8 rings (SSSR count). The molecule has 1 atom stereocenters. The van der Waals surface area contributed by atoms with Crippen molar-refractivity contribution in [2.45, 2.75) is 51.6 Å². The minimum Gasteiger partial charge on any atom is -0.508 e. The van der Waals surface area contributed by atoms with Crippen molar-refractivity contribution in [1.82, 2.24) is 15.2 Å². The van der Waals surface area contributed by atoms with Crippen molar-refractivity contribution in [1.29, 1.82) is 0 Å². The Morgan fingerprint density at radius 1 is 0.815 bits per heavy atom. The molecule has 0 saturated carbocycles. The third kappa shape index (κ3) is 7.03. The van der Waals surface area contributed by atoms with Gasteiger partial charge in [0.25, 0.3) is 5.91 Å². The van der Waals surface area contributed by atoms with E-state index >= 15 is 0 Å². The van der Waals surface area contributed by atoms with Gasteiger partial charge in [-0.05, 0) is 125 Å². The molecule has 3 amide bonds. The number of phenolic OH excluding ortho intramolecular Hbond substituents is 1. The number of allylic oxidation sites excluding steroid dienone is 1. The van der Waals surface area contributed by atoms with E-state index in [-0.39, 0.29) is 24.0 Å². The predicted octanol–water partition coefficient (Wildman–Crippen LogP) is 8.68. The van der Waals surface area contributed by atoms with Gasteiger partial charge in [-0.1, -0.05) is 73.7 Å². The second kappa shape index (κ2) is 14.9. The molecular weight excluding hydrogens is 675 g/mol. The number of hydrogen-bond acceptors (Lipinski definition) is 5. The van der Waals surface area contributed by atoms with Crippen LogP contribution in [0.15, 0.2) is 121 Å². The van der Waals surface area contributed by atoms with E-state index in [9.17, 15) is 19.5 Å². The van der Waals surface area contributed by atoms with Crippen LogP contribution in [0.1, 0.15) is 70.9 Å². The van der Waals surface area contributed by atoms with Crippen molar-refractivity contribution in [3.8, 4) is 22.6 Å². The van der Waals surface area contributed by atoms with Crippen LogP contribution in [0.2, 0.25) is 0 Å². The number of fused-ring (bicyclic) bond motifs is 2. The molecule has 2 aliphatic heterocycles. The Bertz CT molecular complexity index is 2390. The number of ether oxygens (including phenoxy) is 1. The number of piperidine rings is 1. The molecule has 0 spiro atoms. The summed E-state index contributed by atoms with van der Waals surface area (Å²) >= 11 is 0. The second-order valence-corrected chi connectivity index (χ2v) is 14.0. The number of hydrogen-bond donors (Lipinski definition) is 3. The van der Waals surface area contributed by atoms with Crippen LogP contribution < -0.4 is 10.1 Å². The molecule has 1 aromatic heterocycles. The highest BCUT2D eigenvalue weighted by Gasteiger charge is 2.39. The van der Waals surface area contributed by atoms with Crippen LogP contribution in [0.25, 0.3) is 33.2 Å². The lowest BCUT2D eigenvalue weighted by atomic mass is 9.88. The van der Waals surface area contributed by atoms with Gasteiger partial charge >= 0.3 is 0 Å². The van der Waals surface area contributed by atoms with E-state index in [1.807, 2.05) is 48.5 Å². The number of nitrogens with zero attached hydrogens (tertiary/aromatic N) is 1. The highest BCUT2D eigenvalue weighted by atomic mass is 16.5. The molecule has 0 aliphatic carbocycles. The third-order valence-corrected chi connectivity index (χ3v) is 10.5. The SMILES string of the molecule is CCC(=C(c1ccc(O)cc1)c1ccc(OCCCc2cc3cc(-c4ccc5c(c4)CN(C4CCC(=O)NC4=O)C5=O)ccc3[nH]2)cc1)c1ccccc1. The fourth-order valence-corrected chi connectivity index (χ4v) is 7.74. The maximum absolute atomic E-state index is 13.2. The van der Waals surface area contributed by atoms with Gasteiger partial charge < -0.3 is 19.7 Å². The van der Waals surface area contributed by atoms with E-state index in [4.69, 9.17) is 4.74 Å². The number of carbonyl (C=O) groups excluding carboxylic acids is 3. The van der Waals surface area contributed by atoms with Crippen molar-refractivity contribution in [3.63, 3.8) is 0 Å². The fourth-order valence-electron chi connectivity index (χ4n) is 7.74. The smallest absolute Gasteiger partial charge is 0.255 e. The number of aromatic amines is 1. The number of imide groups is 1. The summed E-state index contributed by atoms with van der Waals surface area (Å²) in [5, 5.41) is 13.4. The average Bonchev–Trinajstić information content (AvgIpc) is 3.76. The van der Waals surface area contributed by atoms with Crippen LogP contribution in [-0.2, 0) is 22.6 Å². The second-order valence-electron chi connectivity index (χ2n) is 14.0. The van der Waals surface area contributed by atoms with Gasteiger partial charge in [-0.3, -0.25) is 19.7 Å². The quantitative estimate of drug-likeness (QED) is 0.0706. The minimum atomic E-state index is -0.626. The van der Waals surface area contributed by atoms with Crippen molar-refractivity contribution in [3.05, 3.63) is 155 Å². The van der Waals surface area contributed by atoms with Gasteiger partial charge in [-0.25, -0.2) is 0 Å². The Hall–Kier alpha value is -6.41. The summed E-state index contributed by atoms with van der Waals surface area (Å²) in [4.78, 5) is 42.4. The third-order valence-electron chi connectivity index (χ3n) is 10.5. The highest BCUT2D eigenvalue weighted by molar-refractivity contribution is 6.05. The number of amides is 3. The molecule has 2 aliphatic rings. The van der Waals surface area contributed by atoms with Crippen LogP contribution in [0, 0.1) is 0 Å². The molecular formula is C46H41N3O5. The summed E-state index contributed by atoms with van der Waals surface area (Å²) in [5.74, 6) is 0.204. The molecule has 8 heteroatoms. The average molecular weight is 716 g/mol. The zero-order valence-corrected chi connectivity index (χ0v) is 30.1. The summed E-state index contributed by atoms with van der Waals surface area (Å²) < 4.78 is 6.18. The van der Waals surface area contributed by atoms with E-state index in [1.54, 1.807) is 17.0 Å². The van der Waals surface area contributed by atoms with Crippen molar-refractivity contribution >= 4 is 39.8 Å². The Morgan fingerprint density at radius 2 is 1.54 bits per heavy atom. The van der Waals surface area contributed by atoms with Gasteiger partial charge in [0.1, 0.15) is 17.5 Å². The maximum Gasteiger partial charge on any atom is 0.255 e. The first-order valence-electron chi connectivity index (χ1n) is 18.6. The summed E-state index contributed by atoms with van der Waals surface area (Å²) in [6.45, 7) is 3.10. The lowest BCUT2D eigenvalue weighted by Crippen LogP contribution is -2.52. The lowest BCUT2D eigenvalue weighted by molar-refractivity contribution is -0.136. The zero-order chi connectivity index (χ0) is 37.2. The van der Waals surface area contributed by atoms with Crippen LogP contribution in [-0.4, -0.2) is 45.4 Å². The number of aromatic hydroxyl groups is 1. The summed E-state index contributed by atoms with van der Waals surface area (Å²) in [6, 6.07) is 39.8. The Balaban J connectivity index is 0.909. The summed E-state index contributed by atoms with van der Waals surface area (Å²) in [6.07, 6.45) is 3.12. The Kier molecular flexibility index (Phi) is 9.57. The Morgan fingerprint density at radius 3 is 2.28 bits per heavy atom. The summed E-state index contributed by atoms with van der Waals surface area (Å²) in [5.41, 5.74) is 11.4. The van der Waals surface area contributed by atoms with Gasteiger partial charge in [-0.15, -0.1) is 0 Å². The number of nitrogens with one attached hydrogen (secondary N) is 2. The number of aromatic nitrogens is 1. The van der Waals surface area contributed by atoms with Crippen LogP contribution >= 0.6 is 0 Å². The van der Waals surface area contributed by atoms with Gasteiger partial charge in [-0.2, -0.15) is 0 Å². The van der Waals surface area contributed by atoms with E-state index in [2.05, 4.69) is 77.9 Å². The van der Waals surface area contributed by atoms with Crippen LogP contribution in [0.3, 0.4) is 0 Å². The molecule has 270 valence electrons. The van der Waals surface area contributed by atoms with Crippen molar-refractivity contribution in [2.75, 3.05) is 6.61 Å². The zero-order valence-electron chi connectivity index (χ0n) is 30.1. The molecule has 1 unspecified atom stereocenters. The van der Waals surface area contributed by atoms with Crippen molar-refractivity contribution in [2.24, 2.45) is 0 Å². The molecule has 54 heavy (non-hydrogen) atoms. The molecule has 0 bridgehead atoms. The molecule has 1 saturated heterocycles. The first kappa shape index (κ1) is 34.7. The molecule has 3 N–H and O–H groups in total. The first-order valence-corrected chi connectivity index (χ1v) is 18.6. The lowest BCUT2D eigenvalue weighted by Gasteiger charge is -2.29. The van der Waals surface area contributed by atoms with Crippen LogP contribution in [0.5, 0.6) is 11.5 Å². The minimum absolute atomic E-state index is 0.168. The molecule has 0 radical (unpaired) electrons. The number of benzene rings is 5. The van der Waals surface area contributed by atoms with Crippen molar-refractivity contribution < 1.29 is 24.2 Å². The largest absolute Gasteiger partial charge is 0.508 e. The molecule has 8 nitrogen and oxygen atoms in total. The van der Waals surface area contributed by atoms with E-state index in [1.165, 1.54) is 11.1 Å². The standard InChI is InChI=1S/C46H41N3O5/c1-2-39(29-7-4-3-5-8-29)44(30-10-16-37(50)17-11-30)31-12-18-38(19-13-31)54-24-6-9-36-27-34-25-33(15-21-41(34)47-36)32-14-20-40-35(26-32)28-49(46(40)53)42-22-23-43(51)48-45(42)52/h3-5,7-8,10-21,25-27,42,47,50H,2,6,9,22-24,28H2,1H3,(H,48,51,52). The molecule has 5 aromatic carbocycles. The molecule has 3 heterocycles. The normalized spacial score (nSPS) is 16.0. The van der Waals surface area contributed by atoms with Gasteiger partial charge in [0.2, 0.25) is 11.8 Å². The fraction of sp³-hybridized carbons (Fsp3) is 0.196. The van der Waals surface area contributed by atoms with E-state index < -0.39 is 11.9 Å². The number of rotatable bonds is 11. The maximum atomic E-state index is 13.2. The molecule has 6 aromatic rings. The number of H-pyrrole nitrogens is 1. The molecule has 1 fully saturated rings. The van der Waals surface area contributed by atoms with Crippen LogP contribution in [0.4, 0.5) is 0 Å². The number of phenols is 1. The monoisotopic (exact) mass is 715 g/mol. The predicted molar refractivity (Wildman–Crippen MR) is 211 cm³/mol. The Labute approximate surface area is 314 Å². The number of carbonyl (C=O) groups is 3. The first-order chi connectivity index (χ1) is 26.3. The number of aryl methyl sites for hydroxylation is 1. The van der Waals surface area contributed by atoms with Gasteiger partial charge in [0.05, 0.1) is 6.61 Å². The highest BCUT2D eigenvalue weighted by Crippen LogP contribution is 2.36.